The maximum Gasteiger partial charge on any atom is 0.433 e. The number of carbonyl (C=O) groups excluding carboxylic acids is 1. The number of nitrogen functional groups attached to an aromatic ring is 1. The summed E-state index contributed by atoms with van der Waals surface area (Å²) in [4.78, 5) is 41.1. The molecule has 6 aromatic rings. The average molecular weight is 936 g/mol. The Morgan fingerprint density at radius 2 is 1.91 bits per heavy atom. The molecule has 7 heterocycles. The minimum atomic E-state index is -4.65. The maximum atomic E-state index is 17.6. The highest BCUT2D eigenvalue weighted by Crippen LogP contribution is 2.47. The van der Waals surface area contributed by atoms with E-state index in [1.54, 1.807) is 24.1 Å². The van der Waals surface area contributed by atoms with Crippen molar-refractivity contribution in [2.24, 2.45) is 0 Å². The number of imidazole rings is 1. The number of nitrogens with two attached hydrogens (primary N) is 1. The third-order valence-corrected chi connectivity index (χ3v) is 14.4. The van der Waals surface area contributed by atoms with E-state index in [4.69, 9.17) is 31.8 Å². The monoisotopic (exact) mass is 935 g/mol. The van der Waals surface area contributed by atoms with Crippen molar-refractivity contribution in [3.8, 4) is 29.1 Å². The summed E-state index contributed by atoms with van der Waals surface area (Å²) in [6.07, 6.45) is 1.36. The predicted octanol–water partition coefficient (Wildman–Crippen LogP) is 8.93. The van der Waals surface area contributed by atoms with Crippen molar-refractivity contribution in [2.45, 2.75) is 89.6 Å². The van der Waals surface area contributed by atoms with Crippen molar-refractivity contribution in [3.63, 3.8) is 0 Å². The molecular weight excluding hydrogens is 893 g/mol. The average Bonchev–Trinajstić information content (AvgIpc) is 4.09. The lowest BCUT2D eigenvalue weighted by Crippen LogP contribution is -2.48. The van der Waals surface area contributed by atoms with E-state index in [0.29, 0.717) is 56.2 Å². The molecule has 0 saturated carbocycles. The number of hydrogen-bond donors (Lipinski definition) is 1. The van der Waals surface area contributed by atoms with Gasteiger partial charge in [0.15, 0.2) is 11.5 Å². The Morgan fingerprint density at radius 3 is 2.63 bits per heavy atom. The fourth-order valence-electron chi connectivity index (χ4n) is 10.0. The molecule has 3 aliphatic rings. The van der Waals surface area contributed by atoms with Crippen LogP contribution in [0.5, 0.6) is 11.9 Å². The Kier molecular flexibility index (Phi) is 11.5. The molecule has 0 bridgehead atoms. The molecule has 2 unspecified atom stereocenters. The van der Waals surface area contributed by atoms with Gasteiger partial charge in [0.2, 0.25) is 5.88 Å². The van der Waals surface area contributed by atoms with Gasteiger partial charge in [-0.25, -0.2) is 28.5 Å². The Hall–Kier alpha value is -5.91. The van der Waals surface area contributed by atoms with Crippen LogP contribution in [0, 0.1) is 36.8 Å². The zero-order valence-electron chi connectivity index (χ0n) is 35.7. The Bertz CT molecular complexity index is 2910. The number of rotatable bonds is 10. The van der Waals surface area contributed by atoms with E-state index in [-0.39, 0.29) is 97.0 Å². The lowest BCUT2D eigenvalue weighted by Gasteiger charge is -2.35. The van der Waals surface area contributed by atoms with Gasteiger partial charge < -0.3 is 25.0 Å². The third-order valence-electron chi connectivity index (χ3n) is 13.1. The van der Waals surface area contributed by atoms with Crippen molar-refractivity contribution < 1.29 is 36.2 Å². The SMILES string of the molecule is CCN(c1nc(OCC23CCCN2C(COc2cc(C(F)(F)F)ncn2)CC3)nc2c(F)c(-c3ccc(F)c4sc(N)c(C#N)c34)c(Cl)cc12)[C@@H]1CCN(C(=O)n2cc(C)nc2C)[C@@H]1C. The number of aromatic nitrogens is 6. The number of alkyl halides is 3. The first kappa shape index (κ1) is 44.3. The normalized spacial score (nSPS) is 21.1. The fourth-order valence-corrected chi connectivity index (χ4v) is 11.3. The molecule has 0 aliphatic carbocycles. The van der Waals surface area contributed by atoms with Crippen LogP contribution in [-0.4, -0.2) is 102 Å². The largest absolute Gasteiger partial charge is 0.476 e. The molecule has 4 atom stereocenters. The number of ether oxygens (including phenoxy) is 2. The van der Waals surface area contributed by atoms with E-state index >= 15 is 8.78 Å². The van der Waals surface area contributed by atoms with Gasteiger partial charge in [-0.2, -0.15) is 28.4 Å². The van der Waals surface area contributed by atoms with Crippen molar-refractivity contribution in [2.75, 3.05) is 43.5 Å². The third kappa shape index (κ3) is 7.70. The summed E-state index contributed by atoms with van der Waals surface area (Å²) in [5.74, 6) is -0.762. The van der Waals surface area contributed by atoms with Crippen molar-refractivity contribution in [1.82, 2.24) is 39.3 Å². The van der Waals surface area contributed by atoms with Crippen LogP contribution in [0.1, 0.15) is 68.7 Å². The highest BCUT2D eigenvalue weighted by molar-refractivity contribution is 7.23. The second-order valence-electron chi connectivity index (χ2n) is 16.7. The van der Waals surface area contributed by atoms with Gasteiger partial charge in [-0.05, 0) is 84.0 Å². The van der Waals surface area contributed by atoms with Crippen LogP contribution in [0.2, 0.25) is 5.02 Å². The van der Waals surface area contributed by atoms with Gasteiger partial charge in [-0.15, -0.1) is 11.3 Å². The van der Waals surface area contributed by atoms with Crippen molar-refractivity contribution in [1.29, 1.82) is 5.26 Å². The number of likely N-dealkylation sites (tertiary alicyclic amines) is 1. The van der Waals surface area contributed by atoms with Crippen LogP contribution >= 0.6 is 22.9 Å². The van der Waals surface area contributed by atoms with Gasteiger partial charge in [0.05, 0.1) is 38.6 Å². The van der Waals surface area contributed by atoms with Crippen LogP contribution in [-0.2, 0) is 6.18 Å². The van der Waals surface area contributed by atoms with E-state index in [1.165, 1.54) is 16.7 Å². The van der Waals surface area contributed by atoms with Gasteiger partial charge in [-0.1, -0.05) is 17.7 Å². The molecule has 2 N–H and O–H groups in total. The molecule has 3 saturated heterocycles. The molecule has 3 aliphatic heterocycles. The van der Waals surface area contributed by atoms with Gasteiger partial charge in [0.25, 0.3) is 0 Å². The molecule has 65 heavy (non-hydrogen) atoms. The van der Waals surface area contributed by atoms with E-state index in [9.17, 15) is 23.2 Å². The van der Waals surface area contributed by atoms with Crippen LogP contribution in [0.15, 0.2) is 36.8 Å². The summed E-state index contributed by atoms with van der Waals surface area (Å²) >= 11 is 7.89. The topological polar surface area (TPSA) is 164 Å². The molecule has 2 aromatic carbocycles. The summed E-state index contributed by atoms with van der Waals surface area (Å²) in [6.45, 7) is 9.19. The second kappa shape index (κ2) is 16.8. The highest BCUT2D eigenvalue weighted by Gasteiger charge is 2.50. The van der Waals surface area contributed by atoms with Crippen LogP contribution < -0.4 is 20.1 Å². The first-order valence-corrected chi connectivity index (χ1v) is 22.4. The number of benzene rings is 2. The zero-order valence-corrected chi connectivity index (χ0v) is 37.3. The van der Waals surface area contributed by atoms with Crippen molar-refractivity contribution >= 4 is 60.8 Å². The van der Waals surface area contributed by atoms with E-state index in [2.05, 4.69) is 24.8 Å². The molecule has 4 aromatic heterocycles. The molecule has 21 heteroatoms. The first-order valence-electron chi connectivity index (χ1n) is 21.2. The summed E-state index contributed by atoms with van der Waals surface area (Å²) in [5, 5.41) is 10.5. The molecular formula is C44H43ClF5N11O3S. The molecule has 340 valence electrons. The number of aryl methyl sites for hydroxylation is 2. The summed E-state index contributed by atoms with van der Waals surface area (Å²) < 4.78 is 86.7. The van der Waals surface area contributed by atoms with Crippen LogP contribution in [0.3, 0.4) is 0 Å². The number of hydrogen-bond acceptors (Lipinski definition) is 13. The first-order chi connectivity index (χ1) is 31.0. The zero-order chi connectivity index (χ0) is 46.1. The molecule has 9 rings (SSSR count). The molecule has 0 spiro atoms. The minimum Gasteiger partial charge on any atom is -0.476 e. The summed E-state index contributed by atoms with van der Waals surface area (Å²) in [6, 6.07) is 5.80. The van der Waals surface area contributed by atoms with Crippen LogP contribution in [0.4, 0.5) is 37.6 Å². The lowest BCUT2D eigenvalue weighted by molar-refractivity contribution is -0.141. The molecule has 1 amide bonds. The van der Waals surface area contributed by atoms with E-state index in [1.807, 2.05) is 31.7 Å². The van der Waals surface area contributed by atoms with Crippen molar-refractivity contribution in [3.05, 3.63) is 76.2 Å². The number of amides is 1. The number of anilines is 2. The number of nitriles is 1. The molecule has 0 radical (unpaired) electrons. The number of halogens is 6. The lowest BCUT2D eigenvalue weighted by atomic mass is 9.95. The van der Waals surface area contributed by atoms with E-state index in [0.717, 1.165) is 36.6 Å². The predicted molar refractivity (Wildman–Crippen MR) is 234 cm³/mol. The standard InChI is InChI=1S/C44H43ClF5N11O3S/c1-5-58(31-10-14-59(23(31)3)42(62)60-18-22(2)55-24(60)4)40-27-15-29(45)35(26-7-8-30(46)38-34(26)28(17-51)39(52)65-38)36(47)37(27)56-41(57-40)64-20-43-11-6-13-61(43)25(9-12-43)19-63-33-16-32(44(48,49)50)53-21-54-33/h7-8,15-16,18,21,23,25,31H,5-6,9-14,19-20,52H2,1-4H3/t23-,25?,31-,43?/m1/s1. The van der Waals surface area contributed by atoms with Gasteiger partial charge in [0.1, 0.15) is 53.6 Å². The quantitative estimate of drug-likeness (QED) is 0.130. The molecule has 14 nitrogen and oxygen atoms in total. The maximum absolute atomic E-state index is 17.6. The van der Waals surface area contributed by atoms with Gasteiger partial charge in [0, 0.05) is 47.7 Å². The number of thiophene rings is 1. The van der Waals surface area contributed by atoms with Crippen LogP contribution in [0.25, 0.3) is 32.1 Å². The number of nitrogens with zero attached hydrogens (tertiary/aromatic N) is 10. The number of likely N-dealkylation sites (N-methyl/N-ethyl adjacent to an activating group) is 1. The van der Waals surface area contributed by atoms with Gasteiger partial charge >= 0.3 is 18.2 Å². The second-order valence-corrected chi connectivity index (χ2v) is 18.2. The fraction of sp³-hybridized carbons (Fsp3) is 0.432. The number of carbonyl (C=O) groups is 1. The minimum absolute atomic E-state index is 0.00118. The number of fused-ring (bicyclic) bond motifs is 3. The Morgan fingerprint density at radius 1 is 1.11 bits per heavy atom. The Labute approximate surface area is 378 Å². The smallest absolute Gasteiger partial charge is 0.433 e. The summed E-state index contributed by atoms with van der Waals surface area (Å²) in [5.41, 5.74) is 5.18. The highest BCUT2D eigenvalue weighted by atomic mass is 35.5. The van der Waals surface area contributed by atoms with Gasteiger partial charge in [-0.3, -0.25) is 9.47 Å². The Balaban J connectivity index is 1.08. The summed E-state index contributed by atoms with van der Waals surface area (Å²) in [7, 11) is 0. The van der Waals surface area contributed by atoms with E-state index < -0.39 is 29.0 Å². The molecule has 3 fully saturated rings.